The van der Waals surface area contributed by atoms with Crippen molar-refractivity contribution in [2.45, 2.75) is 232 Å². The second-order valence-electron chi connectivity index (χ2n) is 17.5. The van der Waals surface area contributed by atoms with Crippen molar-refractivity contribution in [2.24, 2.45) is 0 Å². The molecule has 57 heavy (non-hydrogen) atoms. The Morgan fingerprint density at radius 2 is 0.895 bits per heavy atom. The van der Waals surface area contributed by atoms with Crippen LogP contribution in [0.2, 0.25) is 0 Å². The summed E-state index contributed by atoms with van der Waals surface area (Å²) in [5.74, 6) is -0.791. The Morgan fingerprint density at radius 3 is 1.30 bits per heavy atom. The van der Waals surface area contributed by atoms with Crippen LogP contribution in [-0.4, -0.2) is 74.9 Å². The molecule has 0 heterocycles. The highest BCUT2D eigenvalue weighted by atomic mass is 31.2. The Hall–Kier alpha value is -1.25. The molecule has 0 aliphatic carbocycles. The monoisotopic (exact) mass is 831 g/mol. The van der Waals surface area contributed by atoms with E-state index in [0.29, 0.717) is 23.9 Å². The van der Waals surface area contributed by atoms with E-state index in [1.54, 1.807) is 0 Å². The van der Waals surface area contributed by atoms with Crippen LogP contribution in [0.15, 0.2) is 12.2 Å². The first-order chi connectivity index (χ1) is 27.5. The van der Waals surface area contributed by atoms with Crippen LogP contribution >= 0.6 is 7.82 Å². The van der Waals surface area contributed by atoms with E-state index in [0.717, 1.165) is 44.9 Å². The van der Waals surface area contributed by atoms with Gasteiger partial charge >= 0.3 is 19.8 Å². The van der Waals surface area contributed by atoms with Gasteiger partial charge in [0.1, 0.15) is 19.8 Å². The van der Waals surface area contributed by atoms with Crippen molar-refractivity contribution < 1.29 is 42.1 Å². The molecule has 0 aromatic heterocycles. The number of unbranched alkanes of at least 4 members (excludes halogenated alkanes) is 28. The molecule has 2 atom stereocenters. The van der Waals surface area contributed by atoms with Gasteiger partial charge in [0.25, 0.3) is 0 Å². The minimum Gasteiger partial charge on any atom is -0.462 e. The van der Waals surface area contributed by atoms with Crippen LogP contribution in [-0.2, 0) is 32.7 Å². The van der Waals surface area contributed by atoms with Crippen molar-refractivity contribution in [3.05, 3.63) is 12.2 Å². The fraction of sp³-hybridized carbons (Fsp3) is 0.915. The first-order valence-corrected chi connectivity index (χ1v) is 25.4. The highest BCUT2D eigenvalue weighted by Crippen LogP contribution is 2.43. The van der Waals surface area contributed by atoms with Crippen molar-refractivity contribution in [2.75, 3.05) is 47.5 Å². The molecule has 0 aromatic carbocycles. The predicted octanol–water partition coefficient (Wildman–Crippen LogP) is 13.8. The number of phosphoric acid groups is 1. The summed E-state index contributed by atoms with van der Waals surface area (Å²) in [6.07, 6.45) is 42.5. The van der Waals surface area contributed by atoms with Gasteiger partial charge in [-0.25, -0.2) is 4.57 Å². The van der Waals surface area contributed by atoms with E-state index in [9.17, 15) is 19.0 Å². The lowest BCUT2D eigenvalue weighted by Gasteiger charge is -2.24. The van der Waals surface area contributed by atoms with Crippen LogP contribution < -0.4 is 0 Å². The lowest BCUT2D eigenvalue weighted by molar-refractivity contribution is -0.870. The van der Waals surface area contributed by atoms with Crippen LogP contribution in [0.1, 0.15) is 226 Å². The van der Waals surface area contributed by atoms with Crippen molar-refractivity contribution in [1.29, 1.82) is 0 Å². The third kappa shape index (κ3) is 44.1. The van der Waals surface area contributed by atoms with E-state index in [4.69, 9.17) is 18.5 Å². The molecular weight excluding hydrogens is 737 g/mol. The molecule has 0 bridgehead atoms. The largest absolute Gasteiger partial charge is 0.472 e. The van der Waals surface area contributed by atoms with E-state index in [1.165, 1.54) is 148 Å². The lowest BCUT2D eigenvalue weighted by Crippen LogP contribution is -2.37. The Morgan fingerprint density at radius 1 is 0.526 bits per heavy atom. The number of likely N-dealkylation sites (N-methyl/N-ethyl adjacent to an activating group) is 1. The highest BCUT2D eigenvalue weighted by molar-refractivity contribution is 7.47. The summed E-state index contributed by atoms with van der Waals surface area (Å²) in [6, 6.07) is 0. The van der Waals surface area contributed by atoms with Gasteiger partial charge < -0.3 is 18.9 Å². The second-order valence-corrected chi connectivity index (χ2v) is 19.0. The molecule has 2 unspecified atom stereocenters. The molecule has 0 saturated heterocycles. The summed E-state index contributed by atoms with van der Waals surface area (Å²) >= 11 is 0. The first-order valence-electron chi connectivity index (χ1n) is 23.9. The molecule has 9 nitrogen and oxygen atoms in total. The molecule has 0 rings (SSSR count). The van der Waals surface area contributed by atoms with Crippen LogP contribution in [0.25, 0.3) is 0 Å². The van der Waals surface area contributed by atoms with E-state index >= 15 is 0 Å². The zero-order valence-electron chi connectivity index (χ0n) is 38.1. The Bertz CT molecular complexity index is 985. The zero-order chi connectivity index (χ0) is 42.1. The maximum absolute atomic E-state index is 12.7. The minimum atomic E-state index is -4.37. The van der Waals surface area contributed by atoms with Crippen molar-refractivity contribution in [1.82, 2.24) is 0 Å². The van der Waals surface area contributed by atoms with Crippen LogP contribution in [0, 0.1) is 0 Å². The number of hydrogen-bond donors (Lipinski definition) is 1. The molecule has 10 heteroatoms. The van der Waals surface area contributed by atoms with Gasteiger partial charge in [-0.1, -0.05) is 187 Å². The van der Waals surface area contributed by atoms with Gasteiger partial charge in [-0.05, 0) is 38.5 Å². The number of quaternary nitrogens is 1. The third-order valence-corrected chi connectivity index (χ3v) is 11.5. The van der Waals surface area contributed by atoms with E-state index in [2.05, 4.69) is 26.0 Å². The number of nitrogens with zero attached hydrogens (tertiary/aromatic N) is 1. The van der Waals surface area contributed by atoms with Gasteiger partial charge in [-0.15, -0.1) is 0 Å². The molecule has 0 amide bonds. The highest BCUT2D eigenvalue weighted by Gasteiger charge is 2.27. The maximum atomic E-state index is 12.7. The van der Waals surface area contributed by atoms with Crippen molar-refractivity contribution >= 4 is 19.8 Å². The zero-order valence-corrected chi connectivity index (χ0v) is 39.0. The number of ether oxygens (including phenoxy) is 2. The number of allylic oxidation sites excluding steroid dienone is 2. The lowest BCUT2D eigenvalue weighted by atomic mass is 10.0. The van der Waals surface area contributed by atoms with E-state index in [-0.39, 0.29) is 25.6 Å². The second kappa shape index (κ2) is 40.2. The maximum Gasteiger partial charge on any atom is 0.472 e. The van der Waals surface area contributed by atoms with Gasteiger partial charge in [0.15, 0.2) is 6.10 Å². The first kappa shape index (κ1) is 55.8. The quantitative estimate of drug-likeness (QED) is 0.0213. The molecule has 0 aliphatic heterocycles. The molecule has 0 spiro atoms. The summed E-state index contributed by atoms with van der Waals surface area (Å²) in [5.41, 5.74) is 0. The minimum absolute atomic E-state index is 0.0341. The van der Waals surface area contributed by atoms with Crippen molar-refractivity contribution in [3.63, 3.8) is 0 Å². The average Bonchev–Trinajstić information content (AvgIpc) is 3.16. The fourth-order valence-corrected chi connectivity index (χ4v) is 7.52. The molecule has 338 valence electrons. The van der Waals surface area contributed by atoms with Gasteiger partial charge in [-0.2, -0.15) is 0 Å². The predicted molar refractivity (Wildman–Crippen MR) is 238 cm³/mol. The Kier molecular flexibility index (Phi) is 39.3. The van der Waals surface area contributed by atoms with Crippen LogP contribution in [0.3, 0.4) is 0 Å². The smallest absolute Gasteiger partial charge is 0.462 e. The van der Waals surface area contributed by atoms with Gasteiger partial charge in [0.05, 0.1) is 27.7 Å². The number of phosphoric ester groups is 1. The van der Waals surface area contributed by atoms with E-state index in [1.807, 2.05) is 21.1 Å². The summed E-state index contributed by atoms with van der Waals surface area (Å²) in [6.45, 7) is 4.45. The van der Waals surface area contributed by atoms with Gasteiger partial charge in [-0.3, -0.25) is 18.6 Å². The topological polar surface area (TPSA) is 108 Å². The third-order valence-electron chi connectivity index (χ3n) is 10.5. The Balaban J connectivity index is 4.28. The number of hydrogen-bond acceptors (Lipinski definition) is 7. The standard InChI is InChI=1S/C47H92NO8P/c1-6-8-10-12-14-16-18-20-22-23-24-26-28-30-32-34-36-38-40-47(50)56-45(44-55-57(51,52)54-42-41-48(3,4)5)43-53-46(49)39-37-35-33-31-29-27-25-21-19-17-15-13-11-9-7-2/h22-23,45H,6-21,24-44H2,1-5H3/p+1/b23-22-. The normalized spacial score (nSPS) is 13.6. The summed E-state index contributed by atoms with van der Waals surface area (Å²) in [7, 11) is 1.49. The number of carbonyl (C=O) groups excluding carboxylic acids is 2. The van der Waals surface area contributed by atoms with Gasteiger partial charge in [0, 0.05) is 12.8 Å². The average molecular weight is 831 g/mol. The fourth-order valence-electron chi connectivity index (χ4n) is 6.77. The molecule has 0 fully saturated rings. The molecule has 0 aromatic rings. The van der Waals surface area contributed by atoms with Crippen LogP contribution in [0.5, 0.6) is 0 Å². The summed E-state index contributed by atoms with van der Waals surface area (Å²) < 4.78 is 34.4. The number of rotatable bonds is 44. The van der Waals surface area contributed by atoms with Gasteiger partial charge in [0.2, 0.25) is 0 Å². The van der Waals surface area contributed by atoms with Crippen molar-refractivity contribution in [3.8, 4) is 0 Å². The summed E-state index contributed by atoms with van der Waals surface area (Å²) in [4.78, 5) is 35.4. The molecule has 1 N–H and O–H groups in total. The van der Waals surface area contributed by atoms with E-state index < -0.39 is 26.5 Å². The number of esters is 2. The number of carbonyl (C=O) groups is 2. The summed E-state index contributed by atoms with van der Waals surface area (Å²) in [5, 5.41) is 0. The molecule has 0 saturated carbocycles. The molecule has 0 radical (unpaired) electrons. The molecular formula is C47H93NO8P+. The SMILES string of the molecule is CCCCCCCCC/C=C\CCCCCCCCCC(=O)OC(COC(=O)CCCCCCCCCCCCCCCCC)COP(=O)(O)OCC[N+](C)(C)C. The Labute approximate surface area is 352 Å². The molecule has 0 aliphatic rings. The van der Waals surface area contributed by atoms with Crippen LogP contribution in [0.4, 0.5) is 0 Å².